The van der Waals surface area contributed by atoms with E-state index in [2.05, 4.69) is 24.3 Å². The van der Waals surface area contributed by atoms with Crippen molar-refractivity contribution in [1.82, 2.24) is 0 Å². The highest BCUT2D eigenvalue weighted by molar-refractivity contribution is 6.08. The number of aliphatic carboxylic acids is 1. The molecule has 0 aliphatic carbocycles. The molecule has 1 N–H and O–H groups in total. The van der Waals surface area contributed by atoms with Crippen molar-refractivity contribution in [3.8, 4) is 0 Å². The van der Waals surface area contributed by atoms with Crippen molar-refractivity contribution in [3.63, 3.8) is 0 Å². The summed E-state index contributed by atoms with van der Waals surface area (Å²) in [6.45, 7) is -0.0152. The Morgan fingerprint density at radius 3 is 2.64 bits per heavy atom. The minimum Gasteiger partial charge on any atom is -0.480 e. The Labute approximate surface area is 146 Å². The summed E-state index contributed by atoms with van der Waals surface area (Å²) in [4.78, 5) is 17.4. The predicted octanol–water partition coefficient (Wildman–Crippen LogP) is 4.04. The maximum atomic E-state index is 10.9. The van der Waals surface area contributed by atoms with Crippen LogP contribution in [0.5, 0.6) is 0 Å². The fraction of sp³-hybridized carbons (Fsp3) is 0.143. The summed E-state index contributed by atoms with van der Waals surface area (Å²) in [7, 11) is 1.79. The molecule has 1 aliphatic rings. The summed E-state index contributed by atoms with van der Waals surface area (Å²) >= 11 is 0. The number of para-hydroxylation sites is 1. The molecule has 124 valence electrons. The van der Waals surface area contributed by atoms with Crippen LogP contribution in [-0.4, -0.2) is 30.4 Å². The number of hydrogen-bond acceptors (Lipinski definition) is 3. The van der Waals surface area contributed by atoms with Crippen LogP contribution in [0.3, 0.4) is 0 Å². The Bertz CT molecular complexity index is 1010. The Balaban J connectivity index is 1.65. The summed E-state index contributed by atoms with van der Waals surface area (Å²) in [5.41, 5.74) is 5.45. The molecule has 3 aromatic rings. The number of aliphatic imine (C=N–C) groups is 1. The summed E-state index contributed by atoms with van der Waals surface area (Å²) in [6.07, 6.45) is 0.862. The van der Waals surface area contributed by atoms with Crippen LogP contribution >= 0.6 is 0 Å². The first kappa shape index (κ1) is 15.4. The first-order valence-electron chi connectivity index (χ1n) is 8.23. The van der Waals surface area contributed by atoms with Crippen LogP contribution in [0.1, 0.15) is 11.1 Å². The first-order chi connectivity index (χ1) is 12.1. The van der Waals surface area contributed by atoms with Gasteiger partial charge in [0.15, 0.2) is 0 Å². The second kappa shape index (κ2) is 6.06. The van der Waals surface area contributed by atoms with Gasteiger partial charge in [-0.25, -0.2) is 0 Å². The SMILES string of the molecule is CN(CC(=O)O)c1ccc2cc(C3=Nc4ccccc4C3)ccc2c1. The predicted molar refractivity (Wildman–Crippen MR) is 101 cm³/mol. The van der Waals surface area contributed by atoms with Crippen molar-refractivity contribution in [3.05, 3.63) is 71.8 Å². The van der Waals surface area contributed by atoms with E-state index in [1.165, 1.54) is 5.56 Å². The lowest BCUT2D eigenvalue weighted by atomic mass is 10.0. The van der Waals surface area contributed by atoms with Crippen molar-refractivity contribution in [2.45, 2.75) is 6.42 Å². The van der Waals surface area contributed by atoms with Crippen LogP contribution < -0.4 is 4.90 Å². The smallest absolute Gasteiger partial charge is 0.323 e. The third kappa shape index (κ3) is 2.98. The monoisotopic (exact) mass is 330 g/mol. The number of nitrogens with zero attached hydrogens (tertiary/aromatic N) is 2. The van der Waals surface area contributed by atoms with Gasteiger partial charge in [0.25, 0.3) is 0 Å². The highest BCUT2D eigenvalue weighted by Gasteiger charge is 2.15. The molecule has 0 saturated carbocycles. The second-order valence-corrected chi connectivity index (χ2v) is 6.36. The van der Waals surface area contributed by atoms with Gasteiger partial charge in [0.05, 0.1) is 11.4 Å². The van der Waals surface area contributed by atoms with Crippen LogP contribution in [0, 0.1) is 0 Å². The van der Waals surface area contributed by atoms with Gasteiger partial charge in [0, 0.05) is 19.2 Å². The lowest BCUT2D eigenvalue weighted by molar-refractivity contribution is -0.135. The Kier molecular flexibility index (Phi) is 3.73. The molecule has 4 rings (SSSR count). The largest absolute Gasteiger partial charge is 0.480 e. The first-order valence-corrected chi connectivity index (χ1v) is 8.23. The third-order valence-corrected chi connectivity index (χ3v) is 4.58. The average Bonchev–Trinajstić information content (AvgIpc) is 3.04. The van der Waals surface area contributed by atoms with Gasteiger partial charge in [-0.3, -0.25) is 9.79 Å². The van der Waals surface area contributed by atoms with Crippen molar-refractivity contribution in [1.29, 1.82) is 0 Å². The third-order valence-electron chi connectivity index (χ3n) is 4.58. The van der Waals surface area contributed by atoms with E-state index in [0.717, 1.165) is 39.8 Å². The molecular weight excluding hydrogens is 312 g/mol. The van der Waals surface area contributed by atoms with Crippen molar-refractivity contribution >= 4 is 33.8 Å². The number of carbonyl (C=O) groups is 1. The molecule has 0 amide bonds. The number of hydrogen-bond donors (Lipinski definition) is 1. The van der Waals surface area contributed by atoms with E-state index >= 15 is 0 Å². The lowest BCUT2D eigenvalue weighted by Crippen LogP contribution is -2.24. The molecule has 0 saturated heterocycles. The Morgan fingerprint density at radius 2 is 1.84 bits per heavy atom. The molecule has 0 unspecified atom stereocenters. The fourth-order valence-electron chi connectivity index (χ4n) is 3.25. The van der Waals surface area contributed by atoms with Gasteiger partial charge in [-0.1, -0.05) is 36.4 Å². The van der Waals surface area contributed by atoms with Gasteiger partial charge in [0.1, 0.15) is 6.54 Å². The molecule has 0 fully saturated rings. The molecule has 3 aromatic carbocycles. The van der Waals surface area contributed by atoms with Crippen LogP contribution in [0.25, 0.3) is 10.8 Å². The molecule has 0 atom stereocenters. The van der Waals surface area contributed by atoms with Crippen molar-refractivity contribution < 1.29 is 9.90 Å². The van der Waals surface area contributed by atoms with Crippen LogP contribution in [0.15, 0.2) is 65.7 Å². The number of likely N-dealkylation sites (N-methyl/N-ethyl adjacent to an activating group) is 1. The van der Waals surface area contributed by atoms with E-state index in [9.17, 15) is 4.79 Å². The average molecular weight is 330 g/mol. The molecular formula is C21H18N2O2. The highest BCUT2D eigenvalue weighted by atomic mass is 16.4. The van der Waals surface area contributed by atoms with Crippen LogP contribution in [0.4, 0.5) is 11.4 Å². The van der Waals surface area contributed by atoms with E-state index < -0.39 is 5.97 Å². The molecule has 4 heteroatoms. The topological polar surface area (TPSA) is 52.9 Å². The summed E-state index contributed by atoms with van der Waals surface area (Å²) in [5, 5.41) is 11.2. The van der Waals surface area contributed by atoms with E-state index in [-0.39, 0.29) is 6.54 Å². The fourth-order valence-corrected chi connectivity index (χ4v) is 3.25. The standard InChI is InChI=1S/C21H18N2O2/c1-23(13-21(24)25)18-9-8-14-10-17(7-6-15(14)11-18)20-12-16-4-2-3-5-19(16)22-20/h2-11H,12-13H2,1H3,(H,24,25). The Morgan fingerprint density at radius 1 is 1.08 bits per heavy atom. The zero-order valence-electron chi connectivity index (χ0n) is 13.9. The number of anilines is 1. The number of carboxylic acids is 1. The molecule has 0 aromatic heterocycles. The van der Waals surface area contributed by atoms with E-state index in [1.54, 1.807) is 11.9 Å². The van der Waals surface area contributed by atoms with Gasteiger partial charge in [-0.05, 0) is 46.2 Å². The molecule has 25 heavy (non-hydrogen) atoms. The molecule has 4 nitrogen and oxygen atoms in total. The van der Waals surface area contributed by atoms with Crippen LogP contribution in [-0.2, 0) is 11.2 Å². The van der Waals surface area contributed by atoms with Crippen molar-refractivity contribution in [2.24, 2.45) is 4.99 Å². The quantitative estimate of drug-likeness (QED) is 0.785. The number of carboxylic acid groups (broad SMARTS) is 1. The normalized spacial score (nSPS) is 12.8. The van der Waals surface area contributed by atoms with E-state index in [1.807, 2.05) is 36.4 Å². The molecule has 0 radical (unpaired) electrons. The van der Waals surface area contributed by atoms with Crippen LogP contribution in [0.2, 0.25) is 0 Å². The molecule has 1 heterocycles. The maximum absolute atomic E-state index is 10.9. The second-order valence-electron chi connectivity index (χ2n) is 6.36. The summed E-state index contributed by atoms with van der Waals surface area (Å²) in [6, 6.07) is 20.6. The van der Waals surface area contributed by atoms with Crippen molar-refractivity contribution in [2.75, 3.05) is 18.5 Å². The minimum atomic E-state index is -0.836. The zero-order chi connectivity index (χ0) is 17.4. The highest BCUT2D eigenvalue weighted by Crippen LogP contribution is 2.30. The summed E-state index contributed by atoms with van der Waals surface area (Å²) in [5.74, 6) is -0.836. The Hall–Kier alpha value is -3.14. The number of rotatable bonds is 4. The van der Waals surface area contributed by atoms with Gasteiger partial charge >= 0.3 is 5.97 Å². The number of fused-ring (bicyclic) bond motifs is 2. The van der Waals surface area contributed by atoms with Gasteiger partial charge in [0.2, 0.25) is 0 Å². The molecule has 1 aliphatic heterocycles. The minimum absolute atomic E-state index is 0.0152. The van der Waals surface area contributed by atoms with Gasteiger partial charge in [-0.15, -0.1) is 0 Å². The molecule has 0 bridgehead atoms. The van der Waals surface area contributed by atoms with Gasteiger partial charge in [-0.2, -0.15) is 0 Å². The molecule has 0 spiro atoms. The van der Waals surface area contributed by atoms with E-state index in [0.29, 0.717) is 0 Å². The zero-order valence-corrected chi connectivity index (χ0v) is 13.9. The lowest BCUT2D eigenvalue weighted by Gasteiger charge is -2.17. The maximum Gasteiger partial charge on any atom is 0.323 e. The van der Waals surface area contributed by atoms with Gasteiger partial charge < -0.3 is 10.0 Å². The number of benzene rings is 3. The van der Waals surface area contributed by atoms with E-state index in [4.69, 9.17) is 10.1 Å². The summed E-state index contributed by atoms with van der Waals surface area (Å²) < 4.78 is 0.